The smallest absolute Gasteiger partial charge is 0.324 e. The number of rotatable bonds is 10. The van der Waals surface area contributed by atoms with Crippen molar-refractivity contribution in [3.05, 3.63) is 58.2 Å². The molecule has 6 bridgehead atoms. The molecule has 0 saturated carbocycles. The fraction of sp³-hybridized carbons (Fsp3) is 0.583. The zero-order valence-corrected chi connectivity index (χ0v) is 47.8. The number of carbonyl (C=O) groups excluding carboxylic acids is 4. The Hall–Kier alpha value is -3.15. The van der Waals surface area contributed by atoms with Crippen molar-refractivity contribution in [1.29, 1.82) is 0 Å². The second-order valence-electron chi connectivity index (χ2n) is 19.2. The zero-order valence-electron chi connectivity index (χ0n) is 41.9. The van der Waals surface area contributed by atoms with E-state index in [0.29, 0.717) is 62.4 Å². The second kappa shape index (κ2) is 26.0. The average molecular weight is 1070 g/mol. The van der Waals surface area contributed by atoms with Crippen LogP contribution >= 0.6 is 78.8 Å². The molecule has 4 amide bonds. The fourth-order valence-corrected chi connectivity index (χ4v) is 10.3. The van der Waals surface area contributed by atoms with Crippen molar-refractivity contribution in [2.75, 3.05) is 54.5 Å². The number of pyridine rings is 1. The van der Waals surface area contributed by atoms with Crippen molar-refractivity contribution in [3.63, 3.8) is 0 Å². The summed E-state index contributed by atoms with van der Waals surface area (Å²) in [5.74, 6) is -1.16. The molecule has 15 nitrogen and oxygen atoms in total. The van der Waals surface area contributed by atoms with Gasteiger partial charge < -0.3 is 34.1 Å². The number of thiazole rings is 1. The summed E-state index contributed by atoms with van der Waals surface area (Å²) in [6.45, 7) is 16.7. The highest BCUT2D eigenvalue weighted by molar-refractivity contribution is 7.60. The molecule has 2 saturated heterocycles. The first-order valence-electron chi connectivity index (χ1n) is 22.7. The van der Waals surface area contributed by atoms with E-state index in [-0.39, 0.29) is 104 Å². The number of amides is 4. The van der Waals surface area contributed by atoms with Gasteiger partial charge in [0, 0.05) is 97.7 Å². The van der Waals surface area contributed by atoms with Crippen LogP contribution in [0.1, 0.15) is 83.7 Å². The van der Waals surface area contributed by atoms with Crippen molar-refractivity contribution >= 4 is 114 Å². The Morgan fingerprint density at radius 1 is 1.04 bits per heavy atom. The van der Waals surface area contributed by atoms with Crippen molar-refractivity contribution in [2.45, 2.75) is 111 Å². The highest BCUT2D eigenvalue weighted by Gasteiger charge is 2.42. The predicted molar refractivity (Wildman–Crippen MR) is 301 cm³/mol. The molecule has 0 spiro atoms. The number of likely N-dealkylation sites (N-methyl/N-ethyl adjacent to an activating group) is 1. The number of aromatic nitrogens is 3. The van der Waals surface area contributed by atoms with Crippen molar-refractivity contribution in [1.82, 2.24) is 45.0 Å². The van der Waals surface area contributed by atoms with E-state index in [4.69, 9.17) is 19.4 Å². The van der Waals surface area contributed by atoms with Gasteiger partial charge in [0.05, 0.1) is 34.8 Å². The maximum atomic E-state index is 14.6. The van der Waals surface area contributed by atoms with E-state index in [1.54, 1.807) is 25.3 Å². The van der Waals surface area contributed by atoms with Crippen LogP contribution in [0.4, 0.5) is 4.79 Å². The summed E-state index contributed by atoms with van der Waals surface area (Å²) in [6, 6.07) is 7.93. The third-order valence-corrected chi connectivity index (χ3v) is 14.3. The van der Waals surface area contributed by atoms with Gasteiger partial charge in [0.15, 0.2) is 0 Å². The number of hydrazine groups is 1. The van der Waals surface area contributed by atoms with E-state index in [1.807, 2.05) is 46.3 Å². The molecule has 3 aromatic heterocycles. The molecule has 2 N–H and O–H groups in total. The van der Waals surface area contributed by atoms with Crippen LogP contribution < -0.4 is 10.7 Å². The molecule has 21 heteroatoms. The third-order valence-electron chi connectivity index (χ3n) is 13.5. The Balaban J connectivity index is 0.00000327. The largest absolute Gasteiger partial charge is 0.464 e. The van der Waals surface area contributed by atoms with E-state index < -0.39 is 35.4 Å². The molecular weight excluding hydrogens is 991 g/mol. The van der Waals surface area contributed by atoms with Gasteiger partial charge in [-0.1, -0.05) is 33.8 Å². The molecule has 386 valence electrons. The van der Waals surface area contributed by atoms with E-state index >= 15 is 0 Å². The monoisotopic (exact) mass is 1070 g/mol. The number of ether oxygens (including phenoxy) is 2. The van der Waals surface area contributed by atoms with Crippen LogP contribution in [0.5, 0.6) is 0 Å². The number of cyclic esters (lactones) is 1. The van der Waals surface area contributed by atoms with Crippen LogP contribution in [0.15, 0.2) is 41.9 Å². The molecule has 0 unspecified atom stereocenters. The zero-order chi connectivity index (χ0) is 46.2. The quantitative estimate of drug-likeness (QED) is 0.164. The molecule has 0 radical (unpaired) electrons. The van der Waals surface area contributed by atoms with Gasteiger partial charge in [-0.25, -0.2) is 15.2 Å². The maximum absolute atomic E-state index is 14.6. The molecule has 6 heterocycles. The lowest BCUT2D eigenvalue weighted by molar-refractivity contribution is -0.155. The van der Waals surface area contributed by atoms with Gasteiger partial charge in [-0.15, -0.1) is 11.3 Å². The number of fused-ring (bicyclic) bond motifs is 6. The van der Waals surface area contributed by atoms with Gasteiger partial charge in [0.2, 0.25) is 5.91 Å². The highest BCUT2D eigenvalue weighted by atomic mass is 32.1. The van der Waals surface area contributed by atoms with Gasteiger partial charge in [0.25, 0.3) is 5.91 Å². The van der Waals surface area contributed by atoms with Crippen LogP contribution in [0.3, 0.4) is 0 Å². The van der Waals surface area contributed by atoms with Gasteiger partial charge >= 0.3 is 12.0 Å². The number of benzene rings is 1. The Bertz CT molecular complexity index is 2370. The van der Waals surface area contributed by atoms with Crippen LogP contribution in [0, 0.1) is 17.3 Å². The summed E-state index contributed by atoms with van der Waals surface area (Å²) in [5.41, 5.74) is 9.40. The number of urea groups is 1. The Labute approximate surface area is 447 Å². The van der Waals surface area contributed by atoms with E-state index in [9.17, 15) is 19.2 Å². The minimum Gasteiger partial charge on any atom is -0.464 e. The molecule has 3 aliphatic heterocycles. The molecule has 2 fully saturated rings. The standard InChI is InChI=1S/C48H67N9O6S.5H2S/c1-12-56-39-18-17-31-21-34(39)35(43(56)33-15-13-19-49-41(33)30(5)62-11)23-48(6,7)27-63-46(60)36-16-14-20-57(52-36)45(59)37(22-40-50-38(31)26-64-40)51-44(58)42(28(2)3)54(10)47(61)55-24-32(25-55)29(4)53(8)9;;;;;/h13,15,17-19,21,26,28-30,32,36-37,42,52H,12,14,16,20,22-25,27H2,1-11H3,(H,51,58);5*1H2/t29-,30-,36-,37-,42-;;;;;/m0...../s1. The Morgan fingerprint density at radius 2 is 1.74 bits per heavy atom. The minimum absolute atomic E-state index is 0. The lowest BCUT2D eigenvalue weighted by atomic mass is 9.84. The number of hydrogen-bond acceptors (Lipinski definition) is 11. The molecule has 69 heavy (non-hydrogen) atoms. The van der Waals surface area contributed by atoms with Gasteiger partial charge in [-0.05, 0) is 89.9 Å². The maximum Gasteiger partial charge on any atom is 0.324 e. The van der Waals surface area contributed by atoms with Gasteiger partial charge in [-0.3, -0.25) is 24.4 Å². The summed E-state index contributed by atoms with van der Waals surface area (Å²) in [4.78, 5) is 72.0. The molecule has 7 rings (SSSR count). The normalized spacial score (nSPS) is 19.5. The van der Waals surface area contributed by atoms with Crippen LogP contribution in [-0.2, 0) is 43.2 Å². The third kappa shape index (κ3) is 13.3. The van der Waals surface area contributed by atoms with Crippen molar-refractivity contribution in [3.8, 4) is 22.5 Å². The van der Waals surface area contributed by atoms with E-state index in [0.717, 1.165) is 44.7 Å². The molecule has 0 aliphatic carbocycles. The van der Waals surface area contributed by atoms with Crippen molar-refractivity contribution in [2.24, 2.45) is 17.3 Å². The minimum atomic E-state index is -1.04. The first kappa shape index (κ1) is 62.0. The van der Waals surface area contributed by atoms with E-state index in [2.05, 4.69) is 72.2 Å². The number of likely N-dealkylation sites (tertiary alicyclic amines) is 1. The number of esters is 1. The second-order valence-corrected chi connectivity index (χ2v) is 20.2. The summed E-state index contributed by atoms with van der Waals surface area (Å²) < 4.78 is 14.3. The number of hydrogen-bond donors (Lipinski definition) is 2. The average Bonchev–Trinajstić information content (AvgIpc) is 3.85. The lowest BCUT2D eigenvalue weighted by Crippen LogP contribution is -2.64. The molecule has 5 atom stereocenters. The van der Waals surface area contributed by atoms with E-state index in [1.165, 1.54) is 21.2 Å². The molecule has 4 aromatic rings. The Kier molecular flexibility index (Phi) is 23.3. The van der Waals surface area contributed by atoms with Gasteiger partial charge in [0.1, 0.15) is 18.1 Å². The lowest BCUT2D eigenvalue weighted by Gasteiger charge is -2.46. The summed E-state index contributed by atoms with van der Waals surface area (Å²) in [5, 5.41) is 8.23. The summed E-state index contributed by atoms with van der Waals surface area (Å²) >= 11 is 1.43. The number of nitrogens with zero attached hydrogens (tertiary/aromatic N) is 7. The molecule has 3 aliphatic rings. The predicted octanol–water partition coefficient (Wildman–Crippen LogP) is 6.72. The number of methoxy groups -OCH3 is 1. The van der Waals surface area contributed by atoms with Crippen LogP contribution in [0.2, 0.25) is 0 Å². The molecule has 1 aromatic carbocycles. The van der Waals surface area contributed by atoms with Crippen LogP contribution in [-0.4, -0.2) is 137 Å². The van der Waals surface area contributed by atoms with Crippen molar-refractivity contribution < 1.29 is 28.7 Å². The number of nitrogens with one attached hydrogen (secondary N) is 2. The summed E-state index contributed by atoms with van der Waals surface area (Å²) in [6.07, 6.45) is 3.30. The number of aryl methyl sites for hydroxylation is 1. The fourth-order valence-electron chi connectivity index (χ4n) is 9.48. The SMILES string of the molecule is CCn1c(-c2cccnc2[C@H](C)OC)c2c3cc(ccc31)-c1csc(n1)C[C@H](NC(=O)[C@H](C(C)C)N(C)C(=O)N1CC([C@H](C)N(C)C)C1)C(=O)N1CCC[C@H](N1)C(=O)OCC(C)(C)C2.S.S.S.S.S. The van der Waals surface area contributed by atoms with Gasteiger partial charge in [-0.2, -0.15) is 67.5 Å². The molecular formula is C48H77N9O6S6. The Morgan fingerprint density at radius 3 is 2.38 bits per heavy atom. The summed E-state index contributed by atoms with van der Waals surface area (Å²) in [7, 11) is 7.42. The first-order chi connectivity index (χ1) is 30.4. The number of carbonyl (C=O) groups is 4. The highest BCUT2D eigenvalue weighted by Crippen LogP contribution is 2.42. The topological polar surface area (TPSA) is 154 Å². The first-order valence-corrected chi connectivity index (χ1v) is 23.6. The van der Waals surface area contributed by atoms with Crippen LogP contribution in [0.25, 0.3) is 33.4 Å².